The number of nitrogens with zero attached hydrogens (tertiary/aromatic N) is 1. The molecule has 2 N–H and O–H groups in total. The zero-order valence-corrected chi connectivity index (χ0v) is 9.32. The lowest BCUT2D eigenvalue weighted by Crippen LogP contribution is -2.53. The Kier molecular flexibility index (Phi) is 3.14. The summed E-state index contributed by atoms with van der Waals surface area (Å²) in [6.07, 6.45) is 5.53. The predicted octanol–water partition coefficient (Wildman–Crippen LogP) is 1.34. The van der Waals surface area contributed by atoms with Crippen LogP contribution in [0, 0.1) is 5.92 Å². The van der Waals surface area contributed by atoms with Gasteiger partial charge in [0, 0.05) is 12.6 Å². The fraction of sp³-hybridized carbons (Fsp3) is 0.909. The minimum absolute atomic E-state index is 0.157. The van der Waals surface area contributed by atoms with Gasteiger partial charge in [-0.05, 0) is 38.0 Å². The first-order valence-corrected chi connectivity index (χ1v) is 5.84. The molecule has 0 radical (unpaired) electrons. The number of nitrogens with two attached hydrogens (primary N) is 1. The van der Waals surface area contributed by atoms with Crippen molar-refractivity contribution < 1.29 is 9.53 Å². The van der Waals surface area contributed by atoms with Crippen molar-refractivity contribution in [3.05, 3.63) is 0 Å². The molecule has 15 heavy (non-hydrogen) atoms. The summed E-state index contributed by atoms with van der Waals surface area (Å²) >= 11 is 0. The molecule has 0 aromatic heterocycles. The topological polar surface area (TPSA) is 55.6 Å². The van der Waals surface area contributed by atoms with E-state index in [9.17, 15) is 4.79 Å². The van der Waals surface area contributed by atoms with Gasteiger partial charge in [-0.2, -0.15) is 0 Å². The van der Waals surface area contributed by atoms with Gasteiger partial charge in [0.25, 0.3) is 0 Å². The van der Waals surface area contributed by atoms with Gasteiger partial charge >= 0.3 is 6.09 Å². The molecule has 2 unspecified atom stereocenters. The Bertz CT molecular complexity index is 241. The third-order valence-corrected chi connectivity index (χ3v) is 3.57. The average molecular weight is 212 g/mol. The highest BCUT2D eigenvalue weighted by atomic mass is 16.5. The maximum atomic E-state index is 11.6. The number of piperidine rings is 1. The van der Waals surface area contributed by atoms with Crippen molar-refractivity contribution in [2.45, 2.75) is 44.2 Å². The summed E-state index contributed by atoms with van der Waals surface area (Å²) in [5.74, 6) is 0.639. The van der Waals surface area contributed by atoms with Crippen molar-refractivity contribution in [1.82, 2.24) is 4.90 Å². The lowest BCUT2D eigenvalue weighted by Gasteiger charge is -2.38. The van der Waals surface area contributed by atoms with Crippen molar-refractivity contribution in [3.63, 3.8) is 0 Å². The van der Waals surface area contributed by atoms with E-state index in [0.29, 0.717) is 5.92 Å². The van der Waals surface area contributed by atoms with E-state index in [2.05, 4.69) is 0 Å². The molecule has 1 amide bonds. The van der Waals surface area contributed by atoms with Crippen LogP contribution in [0.15, 0.2) is 0 Å². The van der Waals surface area contributed by atoms with Crippen molar-refractivity contribution >= 4 is 6.09 Å². The Morgan fingerprint density at radius 1 is 1.40 bits per heavy atom. The number of amides is 1. The molecule has 1 aliphatic heterocycles. The Hall–Kier alpha value is -0.770. The molecule has 4 nitrogen and oxygen atoms in total. The van der Waals surface area contributed by atoms with E-state index in [1.165, 1.54) is 26.4 Å². The molecule has 0 bridgehead atoms. The first-order chi connectivity index (χ1) is 7.24. The highest BCUT2D eigenvalue weighted by Crippen LogP contribution is 2.36. The number of hydrogen-bond donors (Lipinski definition) is 1. The molecule has 0 aromatic carbocycles. The maximum absolute atomic E-state index is 11.6. The van der Waals surface area contributed by atoms with Gasteiger partial charge in [0.05, 0.1) is 13.2 Å². The quantitative estimate of drug-likeness (QED) is 0.751. The van der Waals surface area contributed by atoms with Gasteiger partial charge in [-0.1, -0.05) is 0 Å². The summed E-state index contributed by atoms with van der Waals surface area (Å²) in [6, 6.07) is 0.364. The van der Waals surface area contributed by atoms with Crippen LogP contribution in [0.5, 0.6) is 0 Å². The first-order valence-electron chi connectivity index (χ1n) is 5.84. The third-order valence-electron chi connectivity index (χ3n) is 3.57. The Balaban J connectivity index is 2.01. The van der Waals surface area contributed by atoms with Gasteiger partial charge in [0.2, 0.25) is 0 Å². The predicted molar refractivity (Wildman–Crippen MR) is 57.4 cm³/mol. The van der Waals surface area contributed by atoms with Gasteiger partial charge in [-0.15, -0.1) is 0 Å². The highest BCUT2D eigenvalue weighted by molar-refractivity contribution is 5.68. The maximum Gasteiger partial charge on any atom is 0.409 e. The summed E-state index contributed by atoms with van der Waals surface area (Å²) in [7, 11) is 1.44. The number of rotatable bonds is 2. The molecule has 4 heteroatoms. The summed E-state index contributed by atoms with van der Waals surface area (Å²) in [5, 5.41) is 0. The van der Waals surface area contributed by atoms with Crippen molar-refractivity contribution in [1.29, 1.82) is 0 Å². The number of ether oxygens (including phenoxy) is 1. The molecular formula is C11H20N2O2. The van der Waals surface area contributed by atoms with Gasteiger partial charge in [-0.25, -0.2) is 4.79 Å². The van der Waals surface area contributed by atoms with Crippen LogP contribution in [0.3, 0.4) is 0 Å². The lowest BCUT2D eigenvalue weighted by atomic mass is 9.94. The Morgan fingerprint density at radius 3 is 2.73 bits per heavy atom. The van der Waals surface area contributed by atoms with Crippen molar-refractivity contribution in [2.24, 2.45) is 11.7 Å². The molecule has 2 fully saturated rings. The minimum atomic E-state index is -0.212. The molecule has 1 saturated carbocycles. The lowest BCUT2D eigenvalue weighted by molar-refractivity contribution is 0.0786. The van der Waals surface area contributed by atoms with Crippen molar-refractivity contribution in [3.8, 4) is 0 Å². The van der Waals surface area contributed by atoms with Gasteiger partial charge in [-0.3, -0.25) is 0 Å². The standard InChI is InChI=1S/C11H20N2O2/c1-15-11(14)13-7-3-2-4-9(13)10(12)8-5-6-8/h8-10H,2-7,12H2,1H3. The molecule has 2 atom stereocenters. The van der Waals surface area contributed by atoms with E-state index in [-0.39, 0.29) is 18.2 Å². The second-order valence-corrected chi connectivity index (χ2v) is 4.64. The highest BCUT2D eigenvalue weighted by Gasteiger charge is 2.39. The van der Waals surface area contributed by atoms with Crippen LogP contribution in [-0.2, 0) is 4.74 Å². The minimum Gasteiger partial charge on any atom is -0.453 e. The molecule has 1 heterocycles. The first kappa shape index (κ1) is 10.7. The largest absolute Gasteiger partial charge is 0.453 e. The summed E-state index contributed by atoms with van der Waals surface area (Å²) in [4.78, 5) is 13.4. The van der Waals surface area contributed by atoms with Crippen LogP contribution in [0.25, 0.3) is 0 Å². The summed E-state index contributed by atoms with van der Waals surface area (Å²) in [5.41, 5.74) is 6.19. The zero-order chi connectivity index (χ0) is 10.8. The van der Waals surface area contributed by atoms with Crippen LogP contribution in [-0.4, -0.2) is 36.7 Å². The zero-order valence-electron chi connectivity index (χ0n) is 9.32. The van der Waals surface area contributed by atoms with E-state index in [1.807, 2.05) is 4.90 Å². The van der Waals surface area contributed by atoms with E-state index < -0.39 is 0 Å². The SMILES string of the molecule is COC(=O)N1CCCCC1C(N)C1CC1. The number of likely N-dealkylation sites (tertiary alicyclic amines) is 1. The smallest absolute Gasteiger partial charge is 0.409 e. The van der Waals surface area contributed by atoms with E-state index in [0.717, 1.165) is 19.4 Å². The van der Waals surface area contributed by atoms with E-state index in [1.54, 1.807) is 0 Å². The Morgan fingerprint density at radius 2 is 2.13 bits per heavy atom. The van der Waals surface area contributed by atoms with Crippen LogP contribution >= 0.6 is 0 Å². The molecule has 2 aliphatic rings. The molecule has 0 aromatic rings. The Labute approximate surface area is 90.8 Å². The molecule has 2 rings (SSSR count). The van der Waals surface area contributed by atoms with Gasteiger partial charge in [0.15, 0.2) is 0 Å². The number of carbonyl (C=O) groups excluding carboxylic acids is 1. The van der Waals surface area contributed by atoms with Gasteiger partial charge in [0.1, 0.15) is 0 Å². The van der Waals surface area contributed by atoms with Crippen molar-refractivity contribution in [2.75, 3.05) is 13.7 Å². The number of carbonyl (C=O) groups is 1. The molecule has 1 aliphatic carbocycles. The van der Waals surface area contributed by atoms with Crippen LogP contribution in [0.1, 0.15) is 32.1 Å². The summed E-state index contributed by atoms with van der Waals surface area (Å²) in [6.45, 7) is 0.803. The average Bonchev–Trinajstić information content (AvgIpc) is 3.11. The van der Waals surface area contributed by atoms with E-state index >= 15 is 0 Å². The fourth-order valence-corrected chi connectivity index (χ4v) is 2.50. The fourth-order valence-electron chi connectivity index (χ4n) is 2.50. The third kappa shape index (κ3) is 2.25. The second kappa shape index (κ2) is 4.39. The molecular weight excluding hydrogens is 192 g/mol. The summed E-state index contributed by atoms with van der Waals surface area (Å²) < 4.78 is 4.80. The molecule has 0 spiro atoms. The van der Waals surface area contributed by atoms with Crippen LogP contribution in [0.2, 0.25) is 0 Å². The number of methoxy groups -OCH3 is 1. The monoisotopic (exact) mass is 212 g/mol. The normalized spacial score (nSPS) is 28.7. The second-order valence-electron chi connectivity index (χ2n) is 4.64. The molecule has 86 valence electrons. The number of hydrogen-bond acceptors (Lipinski definition) is 3. The molecule has 1 saturated heterocycles. The van der Waals surface area contributed by atoms with Crippen LogP contribution < -0.4 is 5.73 Å². The van der Waals surface area contributed by atoms with Gasteiger partial charge < -0.3 is 15.4 Å². The van der Waals surface area contributed by atoms with E-state index in [4.69, 9.17) is 10.5 Å². The van der Waals surface area contributed by atoms with Crippen LogP contribution in [0.4, 0.5) is 4.79 Å².